The molecule has 2 N–H and O–H groups in total. The van der Waals surface area contributed by atoms with E-state index >= 15 is 0 Å². The summed E-state index contributed by atoms with van der Waals surface area (Å²) in [5.74, 6) is -5.79. The topological polar surface area (TPSA) is 26.0 Å². The average Bonchev–Trinajstić information content (AvgIpc) is 2.16. The Kier molecular flexibility index (Phi) is 4.85. The Morgan fingerprint density at radius 1 is 0.941 bits per heavy atom. The summed E-state index contributed by atoms with van der Waals surface area (Å²) in [5, 5.41) is 0. The molecule has 0 amide bonds. The first-order chi connectivity index (χ1) is 7.16. The van der Waals surface area contributed by atoms with Gasteiger partial charge in [-0.1, -0.05) is 12.1 Å². The molecular weight excluding hydrogens is 272 g/mol. The molecule has 1 nitrogen and oxygen atoms in total. The molecular formula is C9H8ClF6N. The molecule has 1 aromatic carbocycles. The summed E-state index contributed by atoms with van der Waals surface area (Å²) in [6.45, 7) is 0. The Balaban J connectivity index is 0.00000256. The molecule has 0 saturated carbocycles. The fourth-order valence-electron chi connectivity index (χ4n) is 1.06. The zero-order valence-electron chi connectivity index (χ0n) is 8.14. The monoisotopic (exact) mass is 279 g/mol. The maximum atomic E-state index is 12.8. The van der Waals surface area contributed by atoms with Gasteiger partial charge in [0.15, 0.2) is 0 Å². The normalized spacial score (nSPS) is 14.1. The molecule has 1 atom stereocenters. The number of alkyl halides is 5. The molecule has 1 aromatic rings. The minimum atomic E-state index is -5.74. The van der Waals surface area contributed by atoms with E-state index in [1.165, 1.54) is 0 Å². The van der Waals surface area contributed by atoms with Gasteiger partial charge in [-0.3, -0.25) is 0 Å². The van der Waals surface area contributed by atoms with E-state index in [2.05, 4.69) is 0 Å². The van der Waals surface area contributed by atoms with Crippen LogP contribution >= 0.6 is 12.4 Å². The summed E-state index contributed by atoms with van der Waals surface area (Å²) in [6.07, 6.45) is -5.74. The zero-order chi connectivity index (χ0) is 12.6. The summed E-state index contributed by atoms with van der Waals surface area (Å²) in [4.78, 5) is 0. The van der Waals surface area contributed by atoms with Crippen LogP contribution in [0.2, 0.25) is 0 Å². The third-order valence-corrected chi connectivity index (χ3v) is 2.00. The standard InChI is InChI=1S/C9H7F6N.ClH/c10-6-3-1-5(2-4-6)7(16)8(11,12)9(13,14)15;/h1-4,7H,16H2;1H/t7-;/m0./s1. The van der Waals surface area contributed by atoms with E-state index in [-0.39, 0.29) is 12.4 Å². The van der Waals surface area contributed by atoms with E-state index < -0.39 is 29.5 Å². The van der Waals surface area contributed by atoms with Crippen molar-refractivity contribution in [2.75, 3.05) is 0 Å². The fourth-order valence-corrected chi connectivity index (χ4v) is 1.06. The molecule has 0 bridgehead atoms. The Morgan fingerprint density at radius 3 is 1.71 bits per heavy atom. The van der Waals surface area contributed by atoms with E-state index in [1.807, 2.05) is 0 Å². The molecule has 0 heterocycles. The fraction of sp³-hybridized carbons (Fsp3) is 0.333. The first-order valence-corrected chi connectivity index (χ1v) is 4.12. The maximum Gasteiger partial charge on any atom is 0.455 e. The van der Waals surface area contributed by atoms with Crippen LogP contribution in [0.25, 0.3) is 0 Å². The number of halogens is 7. The smallest absolute Gasteiger partial charge is 0.319 e. The summed E-state index contributed by atoms with van der Waals surface area (Å²) in [7, 11) is 0. The van der Waals surface area contributed by atoms with Gasteiger partial charge in [-0.05, 0) is 17.7 Å². The molecule has 98 valence electrons. The molecule has 0 unspecified atom stereocenters. The van der Waals surface area contributed by atoms with Gasteiger partial charge >= 0.3 is 12.1 Å². The lowest BCUT2D eigenvalue weighted by atomic mass is 10.0. The van der Waals surface area contributed by atoms with Gasteiger partial charge in [-0.25, -0.2) is 4.39 Å². The second kappa shape index (κ2) is 5.14. The van der Waals surface area contributed by atoms with Crippen LogP contribution in [0.15, 0.2) is 24.3 Å². The van der Waals surface area contributed by atoms with Crippen molar-refractivity contribution in [1.82, 2.24) is 0 Å². The van der Waals surface area contributed by atoms with Crippen LogP contribution in [0.1, 0.15) is 11.6 Å². The van der Waals surface area contributed by atoms with Crippen molar-refractivity contribution in [1.29, 1.82) is 0 Å². The van der Waals surface area contributed by atoms with Gasteiger partial charge in [0, 0.05) is 0 Å². The predicted molar refractivity (Wildman–Crippen MR) is 51.6 cm³/mol. The highest BCUT2D eigenvalue weighted by molar-refractivity contribution is 5.85. The third kappa shape index (κ3) is 3.26. The first kappa shape index (κ1) is 16.1. The quantitative estimate of drug-likeness (QED) is 0.825. The summed E-state index contributed by atoms with van der Waals surface area (Å²) in [5.41, 5.74) is 4.33. The van der Waals surface area contributed by atoms with E-state index in [1.54, 1.807) is 0 Å². The highest BCUT2D eigenvalue weighted by Gasteiger charge is 2.61. The Hall–Kier alpha value is -0.950. The summed E-state index contributed by atoms with van der Waals surface area (Å²) >= 11 is 0. The summed E-state index contributed by atoms with van der Waals surface area (Å²) < 4.78 is 73.8. The highest BCUT2D eigenvalue weighted by atomic mass is 35.5. The number of hydrogen-bond acceptors (Lipinski definition) is 1. The van der Waals surface area contributed by atoms with E-state index in [4.69, 9.17) is 5.73 Å². The lowest BCUT2D eigenvalue weighted by Crippen LogP contribution is -2.45. The Bertz CT molecular complexity index is 361. The predicted octanol–water partition coefficient (Wildman–Crippen LogP) is 3.44. The lowest BCUT2D eigenvalue weighted by molar-refractivity contribution is -0.291. The first-order valence-electron chi connectivity index (χ1n) is 4.12. The van der Waals surface area contributed by atoms with E-state index in [9.17, 15) is 26.3 Å². The van der Waals surface area contributed by atoms with Crippen LogP contribution in [-0.2, 0) is 0 Å². The van der Waals surface area contributed by atoms with Gasteiger partial charge in [0.1, 0.15) is 11.9 Å². The summed E-state index contributed by atoms with van der Waals surface area (Å²) in [6, 6.07) is 0.566. The van der Waals surface area contributed by atoms with Gasteiger partial charge in [0.05, 0.1) is 0 Å². The maximum absolute atomic E-state index is 12.8. The van der Waals surface area contributed by atoms with Crippen LogP contribution in [0.5, 0.6) is 0 Å². The average molecular weight is 280 g/mol. The largest absolute Gasteiger partial charge is 0.455 e. The molecule has 0 aromatic heterocycles. The van der Waals surface area contributed by atoms with Crippen LogP contribution in [0.3, 0.4) is 0 Å². The van der Waals surface area contributed by atoms with Crippen molar-refractivity contribution >= 4 is 12.4 Å². The third-order valence-electron chi connectivity index (χ3n) is 2.00. The van der Waals surface area contributed by atoms with Gasteiger partial charge in [-0.2, -0.15) is 22.0 Å². The highest BCUT2D eigenvalue weighted by Crippen LogP contribution is 2.43. The van der Waals surface area contributed by atoms with Crippen LogP contribution in [-0.4, -0.2) is 12.1 Å². The van der Waals surface area contributed by atoms with E-state index in [0.29, 0.717) is 0 Å². The van der Waals surface area contributed by atoms with Crippen molar-refractivity contribution in [2.24, 2.45) is 5.73 Å². The van der Waals surface area contributed by atoms with Crippen molar-refractivity contribution in [3.63, 3.8) is 0 Å². The minimum absolute atomic E-state index is 0. The van der Waals surface area contributed by atoms with Crippen molar-refractivity contribution in [3.8, 4) is 0 Å². The van der Waals surface area contributed by atoms with Crippen LogP contribution in [0, 0.1) is 5.82 Å². The van der Waals surface area contributed by atoms with Crippen LogP contribution < -0.4 is 5.73 Å². The molecule has 0 fully saturated rings. The van der Waals surface area contributed by atoms with Crippen LogP contribution in [0.4, 0.5) is 26.3 Å². The molecule has 0 saturated heterocycles. The molecule has 0 spiro atoms. The number of rotatable bonds is 2. The van der Waals surface area contributed by atoms with Gasteiger partial charge in [-0.15, -0.1) is 12.4 Å². The van der Waals surface area contributed by atoms with Gasteiger partial charge in [0.2, 0.25) is 0 Å². The minimum Gasteiger partial charge on any atom is -0.319 e. The van der Waals surface area contributed by atoms with Gasteiger partial charge < -0.3 is 5.73 Å². The van der Waals surface area contributed by atoms with Crippen molar-refractivity contribution in [2.45, 2.75) is 18.1 Å². The van der Waals surface area contributed by atoms with Gasteiger partial charge in [0.25, 0.3) is 0 Å². The Morgan fingerprint density at radius 2 is 1.35 bits per heavy atom. The number of nitrogens with two attached hydrogens (primary N) is 1. The molecule has 1 rings (SSSR count). The number of benzene rings is 1. The second-order valence-electron chi connectivity index (χ2n) is 3.15. The van der Waals surface area contributed by atoms with Crippen molar-refractivity contribution in [3.05, 3.63) is 35.6 Å². The molecule has 0 aliphatic heterocycles. The molecule has 0 aliphatic rings. The number of hydrogen-bond donors (Lipinski definition) is 1. The van der Waals surface area contributed by atoms with Crippen molar-refractivity contribution < 1.29 is 26.3 Å². The Labute approximate surface area is 99.0 Å². The molecule has 0 aliphatic carbocycles. The van der Waals surface area contributed by atoms with E-state index in [0.717, 1.165) is 24.3 Å². The SMILES string of the molecule is Cl.N[C@@H](c1ccc(F)cc1)C(F)(F)C(F)(F)F. The zero-order valence-corrected chi connectivity index (χ0v) is 8.96. The molecule has 8 heteroatoms. The molecule has 17 heavy (non-hydrogen) atoms. The second-order valence-corrected chi connectivity index (χ2v) is 3.15. The molecule has 0 radical (unpaired) electrons. The lowest BCUT2D eigenvalue weighted by Gasteiger charge is -2.25.